The lowest BCUT2D eigenvalue weighted by atomic mass is 10.2. The molecule has 0 spiro atoms. The lowest BCUT2D eigenvalue weighted by Gasteiger charge is -2.18. The molecule has 5 nitrogen and oxygen atoms in total. The monoisotopic (exact) mass is 290 g/mol. The van der Waals surface area contributed by atoms with Crippen LogP contribution >= 0.6 is 0 Å². The van der Waals surface area contributed by atoms with Gasteiger partial charge in [0, 0.05) is 40.2 Å². The molecule has 0 saturated carbocycles. The highest BCUT2D eigenvalue weighted by atomic mass is 16.2. The Morgan fingerprint density at radius 1 is 1.19 bits per heavy atom. The molecule has 0 aliphatic rings. The van der Waals surface area contributed by atoms with Crippen LogP contribution in [0.2, 0.25) is 0 Å². The zero-order valence-electron chi connectivity index (χ0n) is 13.2. The first-order chi connectivity index (χ1) is 10.2. The van der Waals surface area contributed by atoms with Gasteiger partial charge < -0.3 is 15.5 Å². The summed E-state index contributed by atoms with van der Waals surface area (Å²) in [5.41, 5.74) is 1.14. The van der Waals surface area contributed by atoms with Gasteiger partial charge in [0.1, 0.15) is 0 Å². The predicted molar refractivity (Wildman–Crippen MR) is 87.2 cm³/mol. The molecule has 0 heterocycles. The Labute approximate surface area is 127 Å². The molecule has 1 aromatic carbocycles. The summed E-state index contributed by atoms with van der Waals surface area (Å²) >= 11 is 0. The van der Waals surface area contributed by atoms with Crippen LogP contribution in [-0.4, -0.2) is 44.0 Å². The fourth-order valence-corrected chi connectivity index (χ4v) is 1.89. The van der Waals surface area contributed by atoms with E-state index in [1.54, 1.807) is 11.9 Å². The fraction of sp³-hybridized carbons (Fsp3) is 0.500. The van der Waals surface area contributed by atoms with Gasteiger partial charge in [-0.15, -0.1) is 0 Å². The second-order valence-corrected chi connectivity index (χ2v) is 4.91. The van der Waals surface area contributed by atoms with Gasteiger partial charge in [0.15, 0.2) is 5.96 Å². The van der Waals surface area contributed by atoms with Crippen LogP contribution in [0.15, 0.2) is 35.3 Å². The Morgan fingerprint density at radius 2 is 1.86 bits per heavy atom. The quantitative estimate of drug-likeness (QED) is 0.592. The first-order valence-corrected chi connectivity index (χ1v) is 7.39. The average Bonchev–Trinajstić information content (AvgIpc) is 2.51. The zero-order valence-corrected chi connectivity index (χ0v) is 13.2. The molecule has 0 atom stereocenters. The Balaban J connectivity index is 2.29. The summed E-state index contributed by atoms with van der Waals surface area (Å²) in [6, 6.07) is 10.00. The fourth-order valence-electron chi connectivity index (χ4n) is 1.89. The maximum atomic E-state index is 12.1. The van der Waals surface area contributed by atoms with E-state index in [2.05, 4.69) is 22.5 Å². The number of benzene rings is 1. The lowest BCUT2D eigenvalue weighted by molar-refractivity contribution is -0.130. The van der Waals surface area contributed by atoms with Crippen LogP contribution in [0.25, 0.3) is 0 Å². The molecule has 0 aliphatic heterocycles. The van der Waals surface area contributed by atoms with Crippen molar-refractivity contribution < 1.29 is 4.79 Å². The van der Waals surface area contributed by atoms with Crippen molar-refractivity contribution in [2.75, 3.05) is 27.2 Å². The molecular formula is C16H26N4O. The second kappa shape index (κ2) is 9.80. The van der Waals surface area contributed by atoms with E-state index < -0.39 is 0 Å². The number of guanidine groups is 1. The minimum absolute atomic E-state index is 0.122. The van der Waals surface area contributed by atoms with E-state index in [-0.39, 0.29) is 5.91 Å². The Hall–Kier alpha value is -2.04. The molecule has 1 rings (SSSR count). The zero-order chi connectivity index (χ0) is 15.5. The van der Waals surface area contributed by atoms with Gasteiger partial charge in [0.25, 0.3) is 0 Å². The molecule has 0 fully saturated rings. The average molecular weight is 290 g/mol. The first kappa shape index (κ1) is 17.0. The van der Waals surface area contributed by atoms with Crippen LogP contribution < -0.4 is 10.6 Å². The van der Waals surface area contributed by atoms with Crippen molar-refractivity contribution in [3.05, 3.63) is 35.9 Å². The topological polar surface area (TPSA) is 56.7 Å². The number of nitrogens with one attached hydrogen (secondary N) is 2. The van der Waals surface area contributed by atoms with Crippen molar-refractivity contribution in [2.24, 2.45) is 4.99 Å². The van der Waals surface area contributed by atoms with Crippen molar-refractivity contribution in [3.63, 3.8) is 0 Å². The maximum absolute atomic E-state index is 12.1. The van der Waals surface area contributed by atoms with Crippen LogP contribution in [0.3, 0.4) is 0 Å². The number of aliphatic imine (C=N–C) groups is 1. The van der Waals surface area contributed by atoms with Gasteiger partial charge in [-0.05, 0) is 12.0 Å². The van der Waals surface area contributed by atoms with Crippen LogP contribution in [0.4, 0.5) is 0 Å². The van der Waals surface area contributed by atoms with E-state index in [9.17, 15) is 4.79 Å². The maximum Gasteiger partial charge on any atom is 0.224 e. The minimum atomic E-state index is 0.122. The lowest BCUT2D eigenvalue weighted by Crippen LogP contribution is -2.39. The molecule has 1 aromatic rings. The molecule has 116 valence electrons. The molecule has 0 aliphatic carbocycles. The molecule has 2 N–H and O–H groups in total. The number of hydrogen-bond acceptors (Lipinski definition) is 2. The van der Waals surface area contributed by atoms with Crippen molar-refractivity contribution in [1.29, 1.82) is 0 Å². The third-order valence-corrected chi connectivity index (χ3v) is 3.09. The van der Waals surface area contributed by atoms with Gasteiger partial charge in [-0.1, -0.05) is 37.3 Å². The number of rotatable bonds is 7. The van der Waals surface area contributed by atoms with Crippen LogP contribution in [-0.2, 0) is 11.3 Å². The molecule has 0 radical (unpaired) electrons. The predicted octanol–water partition coefficient (Wildman–Crippen LogP) is 1.61. The standard InChI is InChI=1S/C16H26N4O/c1-4-11-18-16(17-2)19-12-10-15(21)20(3)13-14-8-6-5-7-9-14/h5-9H,4,10-13H2,1-3H3,(H2,17,18,19). The minimum Gasteiger partial charge on any atom is -0.356 e. The second-order valence-electron chi connectivity index (χ2n) is 4.91. The van der Waals surface area contributed by atoms with E-state index in [4.69, 9.17) is 0 Å². The Bertz CT molecular complexity index is 445. The first-order valence-electron chi connectivity index (χ1n) is 7.39. The third kappa shape index (κ3) is 6.79. The van der Waals surface area contributed by atoms with Crippen LogP contribution in [0.5, 0.6) is 0 Å². The highest BCUT2D eigenvalue weighted by molar-refractivity contribution is 5.81. The van der Waals surface area contributed by atoms with Crippen LogP contribution in [0.1, 0.15) is 25.3 Å². The van der Waals surface area contributed by atoms with Gasteiger partial charge in [0.05, 0.1) is 0 Å². The molecule has 0 unspecified atom stereocenters. The number of amides is 1. The van der Waals surface area contributed by atoms with Gasteiger partial charge >= 0.3 is 0 Å². The normalized spacial score (nSPS) is 11.1. The van der Waals surface area contributed by atoms with Gasteiger partial charge in [-0.25, -0.2) is 0 Å². The summed E-state index contributed by atoms with van der Waals surface area (Å²) < 4.78 is 0. The van der Waals surface area contributed by atoms with E-state index in [1.165, 1.54) is 0 Å². The molecule has 5 heteroatoms. The number of carbonyl (C=O) groups is 1. The Morgan fingerprint density at radius 3 is 2.48 bits per heavy atom. The summed E-state index contributed by atoms with van der Waals surface area (Å²) in [4.78, 5) is 17.9. The van der Waals surface area contributed by atoms with Crippen molar-refractivity contribution in [2.45, 2.75) is 26.3 Å². The largest absolute Gasteiger partial charge is 0.356 e. The third-order valence-electron chi connectivity index (χ3n) is 3.09. The summed E-state index contributed by atoms with van der Waals surface area (Å²) in [6.45, 7) is 4.20. The van der Waals surface area contributed by atoms with E-state index in [1.807, 2.05) is 37.4 Å². The summed E-state index contributed by atoms with van der Waals surface area (Å²) in [6.07, 6.45) is 1.50. The summed E-state index contributed by atoms with van der Waals surface area (Å²) in [5, 5.41) is 6.32. The smallest absolute Gasteiger partial charge is 0.224 e. The van der Waals surface area contributed by atoms with Gasteiger partial charge in [-0.3, -0.25) is 9.79 Å². The van der Waals surface area contributed by atoms with E-state index in [0.717, 1.165) is 24.5 Å². The molecule has 0 saturated heterocycles. The molecule has 1 amide bonds. The number of hydrogen-bond donors (Lipinski definition) is 2. The Kier molecular flexibility index (Phi) is 7.94. The molecule has 0 aromatic heterocycles. The van der Waals surface area contributed by atoms with E-state index in [0.29, 0.717) is 19.5 Å². The summed E-state index contributed by atoms with van der Waals surface area (Å²) in [7, 11) is 3.56. The van der Waals surface area contributed by atoms with Crippen molar-refractivity contribution in [3.8, 4) is 0 Å². The summed E-state index contributed by atoms with van der Waals surface area (Å²) in [5.74, 6) is 0.868. The van der Waals surface area contributed by atoms with Crippen molar-refractivity contribution >= 4 is 11.9 Å². The van der Waals surface area contributed by atoms with E-state index >= 15 is 0 Å². The number of carbonyl (C=O) groups excluding carboxylic acids is 1. The van der Waals surface area contributed by atoms with Gasteiger partial charge in [0.2, 0.25) is 5.91 Å². The number of nitrogens with zero attached hydrogens (tertiary/aromatic N) is 2. The van der Waals surface area contributed by atoms with Crippen molar-refractivity contribution in [1.82, 2.24) is 15.5 Å². The van der Waals surface area contributed by atoms with Gasteiger partial charge in [-0.2, -0.15) is 0 Å². The molecule has 21 heavy (non-hydrogen) atoms. The highest BCUT2D eigenvalue weighted by Crippen LogP contribution is 2.03. The molecular weight excluding hydrogens is 264 g/mol. The highest BCUT2D eigenvalue weighted by Gasteiger charge is 2.09. The van der Waals surface area contributed by atoms with Crippen LogP contribution in [0, 0.1) is 0 Å². The molecule has 0 bridgehead atoms. The SMILES string of the molecule is CCCNC(=NC)NCCC(=O)N(C)Cc1ccccc1.